The Labute approximate surface area is 185 Å². The van der Waals surface area contributed by atoms with Crippen LogP contribution in [0.5, 0.6) is 5.75 Å². The lowest BCUT2D eigenvalue weighted by Crippen LogP contribution is -2.60. The molecule has 0 unspecified atom stereocenters. The van der Waals surface area contributed by atoms with E-state index < -0.39 is 0 Å². The summed E-state index contributed by atoms with van der Waals surface area (Å²) in [6, 6.07) is 7.89. The lowest BCUT2D eigenvalue weighted by Gasteiger charge is -2.52. The van der Waals surface area contributed by atoms with Crippen LogP contribution >= 0.6 is 0 Å². The highest BCUT2D eigenvalue weighted by Crippen LogP contribution is 2.48. The highest BCUT2D eigenvalue weighted by atomic mass is 16.5. The molecule has 31 heavy (non-hydrogen) atoms. The molecule has 4 rings (SSSR count). The highest BCUT2D eigenvalue weighted by Gasteiger charge is 2.49. The van der Waals surface area contributed by atoms with Gasteiger partial charge in [0.2, 0.25) is 5.91 Å². The normalized spacial score (nSPS) is 32.9. The van der Waals surface area contributed by atoms with Gasteiger partial charge in [-0.3, -0.25) is 9.59 Å². The molecule has 2 heterocycles. The van der Waals surface area contributed by atoms with E-state index in [1.165, 1.54) is 6.42 Å². The Morgan fingerprint density at radius 1 is 1.19 bits per heavy atom. The number of nitrogens with one attached hydrogen (secondary N) is 1. The van der Waals surface area contributed by atoms with Gasteiger partial charge in [0.1, 0.15) is 5.75 Å². The number of fused-ring (bicyclic) bond motifs is 1. The molecule has 0 radical (unpaired) electrons. The smallest absolute Gasteiger partial charge is 0.260 e. The van der Waals surface area contributed by atoms with Crippen molar-refractivity contribution in [2.75, 3.05) is 19.7 Å². The summed E-state index contributed by atoms with van der Waals surface area (Å²) in [6.45, 7) is 7.84. The predicted molar refractivity (Wildman–Crippen MR) is 119 cm³/mol. The molecule has 6 heteroatoms. The van der Waals surface area contributed by atoms with Crippen molar-refractivity contribution in [3.05, 3.63) is 29.8 Å². The van der Waals surface area contributed by atoms with E-state index in [9.17, 15) is 9.59 Å². The maximum atomic E-state index is 12.2. The second kappa shape index (κ2) is 9.19. The molecular weight excluding hydrogens is 392 g/mol. The highest BCUT2D eigenvalue weighted by molar-refractivity contribution is 5.78. The molecular formula is C25H36N2O4. The van der Waals surface area contributed by atoms with Crippen molar-refractivity contribution in [2.45, 2.75) is 77.0 Å². The fraction of sp³-hybridized carbons (Fsp3) is 0.680. The average molecular weight is 429 g/mol. The number of carbonyl (C=O) groups excluding carboxylic acids is 2. The quantitative estimate of drug-likeness (QED) is 0.774. The van der Waals surface area contributed by atoms with Crippen molar-refractivity contribution in [1.29, 1.82) is 0 Å². The van der Waals surface area contributed by atoms with Crippen molar-refractivity contribution < 1.29 is 19.1 Å². The van der Waals surface area contributed by atoms with E-state index in [1.54, 1.807) is 6.92 Å². The van der Waals surface area contributed by atoms with Crippen molar-refractivity contribution >= 4 is 11.8 Å². The first-order valence-corrected chi connectivity index (χ1v) is 11.8. The van der Waals surface area contributed by atoms with Gasteiger partial charge in [-0.25, -0.2) is 0 Å². The zero-order chi connectivity index (χ0) is 22.0. The lowest BCUT2D eigenvalue weighted by molar-refractivity contribution is -0.153. The minimum absolute atomic E-state index is 0.0203. The van der Waals surface area contributed by atoms with Crippen LogP contribution in [0.3, 0.4) is 0 Å². The molecule has 2 saturated heterocycles. The van der Waals surface area contributed by atoms with Crippen LogP contribution < -0.4 is 10.1 Å². The van der Waals surface area contributed by atoms with Crippen LogP contribution in [-0.4, -0.2) is 48.1 Å². The second-order valence-corrected chi connectivity index (χ2v) is 9.94. The summed E-state index contributed by atoms with van der Waals surface area (Å²) in [5.74, 6) is 1.77. The van der Waals surface area contributed by atoms with Crippen LogP contribution in [-0.2, 0) is 14.3 Å². The molecule has 1 aliphatic carbocycles. The Bertz CT molecular complexity index is 789. The number of ether oxygens (including phenoxy) is 2. The van der Waals surface area contributed by atoms with Crippen LogP contribution in [0.1, 0.15) is 71.0 Å². The second-order valence-electron chi connectivity index (χ2n) is 9.94. The first kappa shape index (κ1) is 22.1. The zero-order valence-electron chi connectivity index (χ0n) is 19.1. The Kier molecular flexibility index (Phi) is 6.56. The number of carbonyl (C=O) groups is 2. The Hall–Kier alpha value is -2.08. The van der Waals surface area contributed by atoms with Crippen molar-refractivity contribution in [1.82, 2.24) is 10.2 Å². The molecule has 1 aromatic rings. The fourth-order valence-electron chi connectivity index (χ4n) is 5.73. The van der Waals surface area contributed by atoms with Gasteiger partial charge in [-0.05, 0) is 56.2 Å². The first-order chi connectivity index (χ1) is 14.8. The first-order valence-electron chi connectivity index (χ1n) is 11.8. The van der Waals surface area contributed by atoms with E-state index in [2.05, 4.69) is 19.2 Å². The van der Waals surface area contributed by atoms with Gasteiger partial charge in [0.25, 0.3) is 5.91 Å². The minimum Gasteiger partial charge on any atom is -0.484 e. The molecule has 2 amide bonds. The largest absolute Gasteiger partial charge is 0.484 e. The maximum Gasteiger partial charge on any atom is 0.260 e. The van der Waals surface area contributed by atoms with Crippen LogP contribution in [0.4, 0.5) is 0 Å². The molecule has 3 fully saturated rings. The van der Waals surface area contributed by atoms with E-state index in [0.29, 0.717) is 17.6 Å². The van der Waals surface area contributed by atoms with E-state index in [-0.39, 0.29) is 36.2 Å². The predicted octanol–water partition coefficient (Wildman–Crippen LogP) is 3.85. The van der Waals surface area contributed by atoms with Crippen LogP contribution in [0.25, 0.3) is 0 Å². The summed E-state index contributed by atoms with van der Waals surface area (Å²) >= 11 is 0. The Morgan fingerprint density at radius 2 is 1.90 bits per heavy atom. The monoisotopic (exact) mass is 428 g/mol. The topological polar surface area (TPSA) is 67.9 Å². The third-order valence-electron chi connectivity index (χ3n) is 7.36. The third kappa shape index (κ3) is 5.05. The summed E-state index contributed by atoms with van der Waals surface area (Å²) in [5.41, 5.74) is 0.822. The van der Waals surface area contributed by atoms with Crippen LogP contribution in [0.15, 0.2) is 24.3 Å². The molecule has 5 atom stereocenters. The van der Waals surface area contributed by atoms with Gasteiger partial charge >= 0.3 is 0 Å². The number of hydrogen-bond acceptors (Lipinski definition) is 4. The van der Waals surface area contributed by atoms with E-state index in [1.807, 2.05) is 29.2 Å². The van der Waals surface area contributed by atoms with Gasteiger partial charge in [-0.1, -0.05) is 25.5 Å². The van der Waals surface area contributed by atoms with Crippen molar-refractivity contribution in [3.63, 3.8) is 0 Å². The summed E-state index contributed by atoms with van der Waals surface area (Å²) in [7, 11) is 0. The van der Waals surface area contributed by atoms with E-state index >= 15 is 0 Å². The number of likely N-dealkylation sites (tertiary alicyclic amines) is 1. The number of nitrogens with zero attached hydrogens (tertiary/aromatic N) is 1. The molecule has 0 bridgehead atoms. The minimum atomic E-state index is -0.267. The van der Waals surface area contributed by atoms with Crippen LogP contribution in [0.2, 0.25) is 0 Å². The summed E-state index contributed by atoms with van der Waals surface area (Å²) in [6.07, 6.45) is 6.34. The summed E-state index contributed by atoms with van der Waals surface area (Å²) in [4.78, 5) is 26.0. The maximum absolute atomic E-state index is 12.2. The molecule has 0 spiro atoms. The van der Waals surface area contributed by atoms with Crippen LogP contribution in [0, 0.1) is 11.8 Å². The number of hydrogen-bond donors (Lipinski definition) is 1. The Morgan fingerprint density at radius 3 is 2.58 bits per heavy atom. The average Bonchev–Trinajstić information content (AvgIpc) is 3.26. The van der Waals surface area contributed by atoms with E-state index in [4.69, 9.17) is 9.47 Å². The zero-order valence-corrected chi connectivity index (χ0v) is 19.1. The summed E-state index contributed by atoms with van der Waals surface area (Å²) < 4.78 is 12.3. The molecule has 3 aliphatic rings. The van der Waals surface area contributed by atoms with Gasteiger partial charge in [-0.15, -0.1) is 0 Å². The molecule has 1 saturated carbocycles. The molecule has 6 nitrogen and oxygen atoms in total. The van der Waals surface area contributed by atoms with Gasteiger partial charge in [-0.2, -0.15) is 0 Å². The third-order valence-corrected chi connectivity index (χ3v) is 7.36. The van der Waals surface area contributed by atoms with E-state index in [0.717, 1.165) is 50.8 Å². The van der Waals surface area contributed by atoms with Gasteiger partial charge in [0, 0.05) is 37.9 Å². The van der Waals surface area contributed by atoms with Crippen molar-refractivity contribution in [3.8, 4) is 5.75 Å². The van der Waals surface area contributed by atoms with Gasteiger partial charge in [0.15, 0.2) is 6.61 Å². The van der Waals surface area contributed by atoms with Gasteiger partial charge < -0.3 is 19.7 Å². The molecule has 1 aromatic carbocycles. The fourth-order valence-corrected chi connectivity index (χ4v) is 5.73. The molecule has 2 aliphatic heterocycles. The number of benzene rings is 1. The number of rotatable bonds is 5. The lowest BCUT2D eigenvalue weighted by atomic mass is 9.66. The molecule has 170 valence electrons. The van der Waals surface area contributed by atoms with Gasteiger partial charge in [0.05, 0.1) is 12.2 Å². The summed E-state index contributed by atoms with van der Waals surface area (Å²) in [5, 5.41) is 3.26. The van der Waals surface area contributed by atoms with Crippen molar-refractivity contribution in [2.24, 2.45) is 11.8 Å². The SMILES string of the molecule is CC(=O)N[C@@]1(C)C[C@H](c2ccc(OCC(=O)N3CCCC3)cc2)O[C@@H]2C[C@H](C)CC[C@H]21. The number of amides is 2. The Balaban J connectivity index is 1.42. The molecule has 0 aromatic heterocycles. The molecule has 1 N–H and O–H groups in total. The standard InChI is InChI=1S/C25H36N2O4/c1-17-6-11-21-22(14-17)31-23(15-25(21,3)26-18(2)28)19-7-9-20(10-8-19)30-16-24(29)27-12-4-5-13-27/h7-10,17,21-23H,4-6,11-16H2,1-3H3,(H,26,28)/t17-,21-,22-,23-,25+/m1/s1.